The lowest BCUT2D eigenvalue weighted by Gasteiger charge is -2.27. The predicted octanol–water partition coefficient (Wildman–Crippen LogP) is 2.50. The Hall–Kier alpha value is -2.12. The molecule has 2 heterocycles. The van der Waals surface area contributed by atoms with E-state index in [1.54, 1.807) is 12.1 Å². The monoisotopic (exact) mass is 375 g/mol. The van der Waals surface area contributed by atoms with Crippen molar-refractivity contribution in [1.82, 2.24) is 9.80 Å². The number of benzene rings is 1. The highest BCUT2D eigenvalue weighted by Gasteiger charge is 2.25. The van der Waals surface area contributed by atoms with Crippen molar-refractivity contribution in [2.24, 2.45) is 0 Å². The lowest BCUT2D eigenvalue weighted by atomic mass is 10.1. The van der Waals surface area contributed by atoms with Crippen LogP contribution in [0.5, 0.6) is 0 Å². The molecule has 0 saturated carbocycles. The molecule has 0 bridgehead atoms. The first-order valence-corrected chi connectivity index (χ1v) is 9.65. The number of carbonyl (C=O) groups excluding carboxylic acids is 2. The number of rotatable bonds is 4. The summed E-state index contributed by atoms with van der Waals surface area (Å²) < 4.78 is 10.7. The number of methoxy groups -OCH3 is 1. The number of nitrogens with one attached hydrogen (secondary N) is 1. The standard InChI is InChI=1S/C20H29N3O4/c1-15-6-7-16(19(24)26-2)12-18(15)21-20(25)23-10-5-11-27-17(14-23)13-22-8-3-4-9-22/h6-7,12,17H,3-5,8-11,13-14H2,1-2H3,(H,21,25). The number of carbonyl (C=O) groups is 2. The third-order valence-corrected chi connectivity index (χ3v) is 5.20. The van der Waals surface area contributed by atoms with Gasteiger partial charge >= 0.3 is 12.0 Å². The molecule has 27 heavy (non-hydrogen) atoms. The number of likely N-dealkylation sites (tertiary alicyclic amines) is 1. The van der Waals surface area contributed by atoms with Crippen LogP contribution in [0.15, 0.2) is 18.2 Å². The van der Waals surface area contributed by atoms with Crippen molar-refractivity contribution in [2.45, 2.75) is 32.3 Å². The molecule has 2 aliphatic rings. The van der Waals surface area contributed by atoms with Gasteiger partial charge in [-0.25, -0.2) is 9.59 Å². The Bertz CT molecular complexity index is 673. The molecule has 1 aromatic rings. The molecular formula is C20H29N3O4. The molecule has 1 atom stereocenters. The van der Waals surface area contributed by atoms with E-state index >= 15 is 0 Å². The van der Waals surface area contributed by atoms with Crippen LogP contribution in [0.4, 0.5) is 10.5 Å². The third kappa shape index (κ3) is 5.20. The summed E-state index contributed by atoms with van der Waals surface area (Å²) in [5, 5.41) is 2.95. The normalized spacial score (nSPS) is 21.0. The van der Waals surface area contributed by atoms with E-state index in [2.05, 4.69) is 10.2 Å². The second kappa shape index (κ2) is 9.19. The van der Waals surface area contributed by atoms with E-state index < -0.39 is 5.97 Å². The van der Waals surface area contributed by atoms with Crippen molar-refractivity contribution < 1.29 is 19.1 Å². The highest BCUT2D eigenvalue weighted by atomic mass is 16.5. The largest absolute Gasteiger partial charge is 0.465 e. The summed E-state index contributed by atoms with van der Waals surface area (Å²) in [7, 11) is 1.35. The molecule has 3 rings (SSSR count). The van der Waals surface area contributed by atoms with E-state index in [1.165, 1.54) is 20.0 Å². The number of anilines is 1. The summed E-state index contributed by atoms with van der Waals surface area (Å²) in [6, 6.07) is 5.01. The van der Waals surface area contributed by atoms with Crippen LogP contribution in [-0.2, 0) is 9.47 Å². The van der Waals surface area contributed by atoms with Gasteiger partial charge in [0, 0.05) is 31.9 Å². The number of ether oxygens (including phenoxy) is 2. The first kappa shape index (κ1) is 19.6. The Balaban J connectivity index is 1.64. The summed E-state index contributed by atoms with van der Waals surface area (Å²) >= 11 is 0. The van der Waals surface area contributed by atoms with Crippen LogP contribution in [0.25, 0.3) is 0 Å². The van der Waals surface area contributed by atoms with Gasteiger partial charge in [0.15, 0.2) is 0 Å². The van der Waals surface area contributed by atoms with E-state index in [0.29, 0.717) is 30.9 Å². The molecule has 0 aromatic heterocycles. The maximum atomic E-state index is 12.8. The molecule has 1 N–H and O–H groups in total. The van der Waals surface area contributed by atoms with Crippen molar-refractivity contribution in [3.8, 4) is 0 Å². The van der Waals surface area contributed by atoms with Gasteiger partial charge in [-0.05, 0) is 57.0 Å². The maximum absolute atomic E-state index is 12.8. The van der Waals surface area contributed by atoms with Crippen LogP contribution >= 0.6 is 0 Å². The van der Waals surface area contributed by atoms with Gasteiger partial charge in [-0.15, -0.1) is 0 Å². The van der Waals surface area contributed by atoms with Gasteiger partial charge in [-0.1, -0.05) is 6.07 Å². The summed E-state index contributed by atoms with van der Waals surface area (Å²) in [5.41, 5.74) is 1.95. The number of aryl methyl sites for hydroxylation is 1. The Morgan fingerprint density at radius 2 is 2.00 bits per heavy atom. The fourth-order valence-corrected chi connectivity index (χ4v) is 3.64. The SMILES string of the molecule is COC(=O)c1ccc(C)c(NC(=O)N2CCCOC(CN3CCCC3)C2)c1. The molecule has 1 aromatic carbocycles. The molecule has 7 heteroatoms. The molecule has 0 spiro atoms. The van der Waals surface area contributed by atoms with Crippen LogP contribution in [0, 0.1) is 6.92 Å². The van der Waals surface area contributed by atoms with Gasteiger partial charge in [0.25, 0.3) is 0 Å². The summed E-state index contributed by atoms with van der Waals surface area (Å²) in [4.78, 5) is 28.8. The molecule has 2 saturated heterocycles. The molecule has 2 fully saturated rings. The summed E-state index contributed by atoms with van der Waals surface area (Å²) in [6.07, 6.45) is 3.35. The average molecular weight is 375 g/mol. The number of amides is 2. The van der Waals surface area contributed by atoms with Gasteiger partial charge in [-0.3, -0.25) is 0 Å². The number of hydrogen-bond donors (Lipinski definition) is 1. The van der Waals surface area contributed by atoms with E-state index in [-0.39, 0.29) is 12.1 Å². The molecule has 148 valence electrons. The topological polar surface area (TPSA) is 71.1 Å². The number of esters is 1. The third-order valence-electron chi connectivity index (χ3n) is 5.20. The van der Waals surface area contributed by atoms with Crippen LogP contribution in [-0.4, -0.2) is 74.3 Å². The van der Waals surface area contributed by atoms with Gasteiger partial charge in [-0.2, -0.15) is 0 Å². The van der Waals surface area contributed by atoms with Crippen molar-refractivity contribution in [3.05, 3.63) is 29.3 Å². The number of urea groups is 1. The Morgan fingerprint density at radius 1 is 1.22 bits per heavy atom. The first-order valence-electron chi connectivity index (χ1n) is 9.65. The van der Waals surface area contributed by atoms with Crippen molar-refractivity contribution >= 4 is 17.7 Å². The predicted molar refractivity (Wildman–Crippen MR) is 103 cm³/mol. The molecule has 2 aliphatic heterocycles. The van der Waals surface area contributed by atoms with E-state index in [0.717, 1.165) is 31.6 Å². The van der Waals surface area contributed by atoms with Crippen LogP contribution in [0.2, 0.25) is 0 Å². The van der Waals surface area contributed by atoms with Crippen LogP contribution < -0.4 is 5.32 Å². The van der Waals surface area contributed by atoms with Crippen LogP contribution in [0.3, 0.4) is 0 Å². The van der Waals surface area contributed by atoms with Gasteiger partial charge in [0.05, 0.1) is 18.8 Å². The highest BCUT2D eigenvalue weighted by Crippen LogP contribution is 2.19. The lowest BCUT2D eigenvalue weighted by Crippen LogP contribution is -2.43. The molecular weight excluding hydrogens is 346 g/mol. The van der Waals surface area contributed by atoms with E-state index in [4.69, 9.17) is 9.47 Å². The maximum Gasteiger partial charge on any atom is 0.337 e. The molecule has 2 amide bonds. The zero-order valence-electron chi connectivity index (χ0n) is 16.2. The Kier molecular flexibility index (Phi) is 6.68. The van der Waals surface area contributed by atoms with Gasteiger partial charge in [0.1, 0.15) is 0 Å². The summed E-state index contributed by atoms with van der Waals surface area (Å²) in [5.74, 6) is -0.417. The smallest absolute Gasteiger partial charge is 0.337 e. The second-order valence-corrected chi connectivity index (χ2v) is 7.25. The van der Waals surface area contributed by atoms with Crippen molar-refractivity contribution in [2.75, 3.05) is 51.8 Å². The molecule has 1 unspecified atom stereocenters. The van der Waals surface area contributed by atoms with Gasteiger partial charge in [0.2, 0.25) is 0 Å². The Labute approximate surface area is 160 Å². The average Bonchev–Trinajstić information content (AvgIpc) is 3.06. The first-order chi connectivity index (χ1) is 13.1. The highest BCUT2D eigenvalue weighted by molar-refractivity contribution is 5.94. The second-order valence-electron chi connectivity index (χ2n) is 7.25. The minimum atomic E-state index is -0.417. The minimum Gasteiger partial charge on any atom is -0.465 e. The number of hydrogen-bond acceptors (Lipinski definition) is 5. The van der Waals surface area contributed by atoms with Gasteiger partial charge < -0.3 is 24.6 Å². The number of nitrogens with zero attached hydrogens (tertiary/aromatic N) is 2. The van der Waals surface area contributed by atoms with Crippen molar-refractivity contribution in [1.29, 1.82) is 0 Å². The lowest BCUT2D eigenvalue weighted by molar-refractivity contribution is 0.0355. The molecule has 0 aliphatic carbocycles. The summed E-state index contributed by atoms with van der Waals surface area (Å²) in [6.45, 7) is 6.94. The van der Waals surface area contributed by atoms with Crippen LogP contribution in [0.1, 0.15) is 35.2 Å². The fourth-order valence-electron chi connectivity index (χ4n) is 3.64. The Morgan fingerprint density at radius 3 is 2.74 bits per heavy atom. The zero-order valence-corrected chi connectivity index (χ0v) is 16.2. The zero-order chi connectivity index (χ0) is 19.2. The minimum absolute atomic E-state index is 0.0406. The quantitative estimate of drug-likeness (QED) is 0.819. The molecule has 0 radical (unpaired) electrons. The fraction of sp³-hybridized carbons (Fsp3) is 0.600. The van der Waals surface area contributed by atoms with Crippen molar-refractivity contribution in [3.63, 3.8) is 0 Å². The van der Waals surface area contributed by atoms with E-state index in [9.17, 15) is 9.59 Å². The molecule has 7 nitrogen and oxygen atoms in total. The van der Waals surface area contributed by atoms with E-state index in [1.807, 2.05) is 17.9 Å².